The summed E-state index contributed by atoms with van der Waals surface area (Å²) in [4.78, 5) is 23.1. The highest BCUT2D eigenvalue weighted by Gasteiger charge is 2.31. The Labute approximate surface area is 133 Å². The lowest BCUT2D eigenvalue weighted by Gasteiger charge is -2.10. The summed E-state index contributed by atoms with van der Waals surface area (Å²) in [5, 5.41) is 4.56. The third-order valence-electron chi connectivity index (χ3n) is 2.93. The van der Waals surface area contributed by atoms with Crippen molar-refractivity contribution in [2.45, 2.75) is 12.7 Å². The van der Waals surface area contributed by atoms with Crippen LogP contribution in [-0.4, -0.2) is 18.4 Å². The summed E-state index contributed by atoms with van der Waals surface area (Å²) < 4.78 is 55.8. The van der Waals surface area contributed by atoms with Crippen LogP contribution in [0.15, 0.2) is 41.0 Å². The Balaban J connectivity index is 1.88. The number of rotatable bonds is 5. The fourth-order valence-electron chi connectivity index (χ4n) is 1.83. The second-order valence-electron chi connectivity index (χ2n) is 4.78. The molecule has 2 aromatic rings. The van der Waals surface area contributed by atoms with Crippen LogP contribution in [-0.2, 0) is 17.5 Å². The highest BCUT2D eigenvalue weighted by molar-refractivity contribution is 5.94. The minimum Gasteiger partial charge on any atom is -0.459 e. The first-order valence-corrected chi connectivity index (χ1v) is 6.71. The van der Waals surface area contributed by atoms with E-state index >= 15 is 0 Å². The predicted molar refractivity (Wildman–Crippen MR) is 74.3 cm³/mol. The molecule has 24 heavy (non-hydrogen) atoms. The van der Waals surface area contributed by atoms with E-state index in [4.69, 9.17) is 4.42 Å². The first-order valence-electron chi connectivity index (χ1n) is 6.71. The molecule has 0 aliphatic carbocycles. The highest BCUT2D eigenvalue weighted by Crippen LogP contribution is 2.30. The predicted octanol–water partition coefficient (Wildman–Crippen LogP) is 2.48. The average molecular weight is 344 g/mol. The van der Waals surface area contributed by atoms with Gasteiger partial charge < -0.3 is 15.1 Å². The Morgan fingerprint density at radius 2 is 1.88 bits per heavy atom. The Kier molecular flexibility index (Phi) is 5.22. The SMILES string of the molecule is O=C(CNC(=O)c1ccco1)NCc1cc(F)cc(C(F)(F)F)c1. The highest BCUT2D eigenvalue weighted by atomic mass is 19.4. The molecule has 0 saturated carbocycles. The van der Waals surface area contributed by atoms with Crippen LogP contribution in [0.2, 0.25) is 0 Å². The zero-order valence-electron chi connectivity index (χ0n) is 12.1. The average Bonchev–Trinajstić information content (AvgIpc) is 3.03. The van der Waals surface area contributed by atoms with Gasteiger partial charge in [0.05, 0.1) is 18.4 Å². The van der Waals surface area contributed by atoms with E-state index < -0.39 is 35.9 Å². The first-order chi connectivity index (χ1) is 11.3. The van der Waals surface area contributed by atoms with Gasteiger partial charge in [-0.1, -0.05) is 0 Å². The van der Waals surface area contributed by atoms with E-state index in [0.29, 0.717) is 6.07 Å². The molecule has 0 spiro atoms. The maximum absolute atomic E-state index is 13.2. The van der Waals surface area contributed by atoms with Crippen LogP contribution >= 0.6 is 0 Å². The molecule has 0 aliphatic heterocycles. The van der Waals surface area contributed by atoms with Crippen LogP contribution in [0.5, 0.6) is 0 Å². The molecule has 128 valence electrons. The standard InChI is InChI=1S/C15H12F4N2O3/c16-11-5-9(4-10(6-11)15(17,18)19)7-20-13(22)8-21-14(23)12-2-1-3-24-12/h1-6H,7-8H2,(H,20,22)(H,21,23). The van der Waals surface area contributed by atoms with Crippen molar-refractivity contribution in [3.05, 3.63) is 59.3 Å². The number of carbonyl (C=O) groups excluding carboxylic acids is 2. The van der Waals surface area contributed by atoms with Gasteiger partial charge in [-0.25, -0.2) is 4.39 Å². The van der Waals surface area contributed by atoms with E-state index in [1.54, 1.807) is 0 Å². The lowest BCUT2D eigenvalue weighted by atomic mass is 10.1. The maximum Gasteiger partial charge on any atom is 0.416 e. The van der Waals surface area contributed by atoms with E-state index in [0.717, 1.165) is 12.1 Å². The number of hydrogen-bond donors (Lipinski definition) is 2. The molecule has 0 unspecified atom stereocenters. The molecule has 1 aromatic carbocycles. The van der Waals surface area contributed by atoms with Gasteiger partial charge in [-0.05, 0) is 35.9 Å². The largest absolute Gasteiger partial charge is 0.459 e. The van der Waals surface area contributed by atoms with Crippen molar-refractivity contribution in [2.24, 2.45) is 0 Å². The van der Waals surface area contributed by atoms with Crippen molar-refractivity contribution in [3.63, 3.8) is 0 Å². The summed E-state index contributed by atoms with van der Waals surface area (Å²) in [6.07, 6.45) is -3.39. The van der Waals surface area contributed by atoms with E-state index in [-0.39, 0.29) is 17.9 Å². The molecule has 0 saturated heterocycles. The number of halogens is 4. The molecule has 9 heteroatoms. The Morgan fingerprint density at radius 3 is 2.50 bits per heavy atom. The van der Waals surface area contributed by atoms with Crippen LogP contribution in [0.25, 0.3) is 0 Å². The fraction of sp³-hybridized carbons (Fsp3) is 0.200. The molecule has 0 radical (unpaired) electrons. The maximum atomic E-state index is 13.2. The van der Waals surface area contributed by atoms with Crippen LogP contribution in [0, 0.1) is 5.82 Å². The molecule has 2 amide bonds. The van der Waals surface area contributed by atoms with Gasteiger partial charge in [-0.15, -0.1) is 0 Å². The lowest BCUT2D eigenvalue weighted by molar-refractivity contribution is -0.137. The molecular weight excluding hydrogens is 332 g/mol. The molecule has 1 heterocycles. The number of benzene rings is 1. The zero-order chi connectivity index (χ0) is 17.7. The summed E-state index contributed by atoms with van der Waals surface area (Å²) in [6, 6.07) is 4.90. The molecule has 1 aromatic heterocycles. The molecule has 0 aliphatic rings. The first kappa shape index (κ1) is 17.5. The van der Waals surface area contributed by atoms with Crippen LogP contribution in [0.4, 0.5) is 17.6 Å². The number of alkyl halides is 3. The Hall–Kier alpha value is -2.84. The molecule has 0 fully saturated rings. The van der Waals surface area contributed by atoms with Crippen molar-refractivity contribution in [2.75, 3.05) is 6.54 Å². The lowest BCUT2D eigenvalue weighted by Crippen LogP contribution is -2.36. The zero-order valence-corrected chi connectivity index (χ0v) is 12.1. The van der Waals surface area contributed by atoms with Gasteiger partial charge in [-0.3, -0.25) is 9.59 Å². The van der Waals surface area contributed by atoms with Crippen molar-refractivity contribution < 1.29 is 31.6 Å². The minimum atomic E-state index is -4.68. The molecule has 2 rings (SSSR count). The van der Waals surface area contributed by atoms with E-state index in [9.17, 15) is 27.2 Å². The molecule has 0 atom stereocenters. The summed E-state index contributed by atoms with van der Waals surface area (Å²) in [5.41, 5.74) is -1.19. The third-order valence-corrected chi connectivity index (χ3v) is 2.93. The third kappa shape index (κ3) is 4.83. The van der Waals surface area contributed by atoms with E-state index in [2.05, 4.69) is 10.6 Å². The van der Waals surface area contributed by atoms with Crippen LogP contribution in [0.1, 0.15) is 21.7 Å². The normalized spacial score (nSPS) is 11.2. The summed E-state index contributed by atoms with van der Waals surface area (Å²) in [6.45, 7) is -0.711. The van der Waals surface area contributed by atoms with Gasteiger partial charge in [0, 0.05) is 6.54 Å². The fourth-order valence-corrected chi connectivity index (χ4v) is 1.83. The number of furan rings is 1. The van der Waals surface area contributed by atoms with Crippen LogP contribution < -0.4 is 10.6 Å². The summed E-state index contributed by atoms with van der Waals surface area (Å²) in [5.74, 6) is -2.30. The van der Waals surface area contributed by atoms with E-state index in [1.165, 1.54) is 18.4 Å². The summed E-state index contributed by atoms with van der Waals surface area (Å²) in [7, 11) is 0. The number of nitrogens with one attached hydrogen (secondary N) is 2. The van der Waals surface area contributed by atoms with Crippen molar-refractivity contribution >= 4 is 11.8 Å². The van der Waals surface area contributed by atoms with Crippen molar-refractivity contribution in [1.82, 2.24) is 10.6 Å². The molecular formula is C15H12F4N2O3. The van der Waals surface area contributed by atoms with Gasteiger partial charge in [0.2, 0.25) is 5.91 Å². The van der Waals surface area contributed by atoms with Gasteiger partial charge in [0.15, 0.2) is 5.76 Å². The minimum absolute atomic E-state index is 0.0164. The quantitative estimate of drug-likeness (QED) is 0.819. The molecule has 5 nitrogen and oxygen atoms in total. The van der Waals surface area contributed by atoms with Gasteiger partial charge in [0.25, 0.3) is 5.91 Å². The second kappa shape index (κ2) is 7.16. The summed E-state index contributed by atoms with van der Waals surface area (Å²) >= 11 is 0. The van der Waals surface area contributed by atoms with Gasteiger partial charge in [0.1, 0.15) is 5.82 Å². The number of amides is 2. The van der Waals surface area contributed by atoms with Crippen LogP contribution in [0.3, 0.4) is 0 Å². The Morgan fingerprint density at radius 1 is 1.12 bits per heavy atom. The molecule has 0 bridgehead atoms. The van der Waals surface area contributed by atoms with Gasteiger partial charge in [-0.2, -0.15) is 13.2 Å². The van der Waals surface area contributed by atoms with Crippen molar-refractivity contribution in [3.8, 4) is 0 Å². The number of hydrogen-bond acceptors (Lipinski definition) is 3. The number of carbonyl (C=O) groups is 2. The monoisotopic (exact) mass is 344 g/mol. The topological polar surface area (TPSA) is 71.3 Å². The van der Waals surface area contributed by atoms with Gasteiger partial charge >= 0.3 is 6.18 Å². The Bertz CT molecular complexity index is 727. The second-order valence-corrected chi connectivity index (χ2v) is 4.78. The smallest absolute Gasteiger partial charge is 0.416 e. The molecule has 2 N–H and O–H groups in total. The van der Waals surface area contributed by atoms with E-state index in [1.807, 2.05) is 0 Å². The van der Waals surface area contributed by atoms with Crippen molar-refractivity contribution in [1.29, 1.82) is 0 Å².